The SMILES string of the molecule is CCC1CCC2(CC1)NC(=O)N(CC(=O)N1CCN(CC(=O)N3CCCCC3C)CC1)C2=O. The first kappa shape index (κ1) is 24.0. The third-order valence-electron chi connectivity index (χ3n) is 8.28. The highest BCUT2D eigenvalue weighted by atomic mass is 16.2. The van der Waals surface area contributed by atoms with Gasteiger partial charge in [-0.05, 0) is 57.8 Å². The van der Waals surface area contributed by atoms with E-state index in [1.165, 1.54) is 6.42 Å². The van der Waals surface area contributed by atoms with Crippen molar-refractivity contribution >= 4 is 23.8 Å². The predicted octanol–water partition coefficient (Wildman–Crippen LogP) is 1.42. The van der Waals surface area contributed by atoms with E-state index in [1.54, 1.807) is 4.90 Å². The van der Waals surface area contributed by atoms with Crippen LogP contribution in [0.2, 0.25) is 0 Å². The lowest BCUT2D eigenvalue weighted by Crippen LogP contribution is -2.55. The number of hydrogen-bond donors (Lipinski definition) is 1. The standard InChI is InChI=1S/C24H39N5O4/c1-3-19-7-9-24(10-8-19)22(32)29(23(33)25-24)17-20(30)27-14-12-26(13-15-27)16-21(31)28-11-5-4-6-18(28)2/h18-19H,3-17H2,1-2H3,(H,25,33). The maximum Gasteiger partial charge on any atom is 0.325 e. The van der Waals surface area contributed by atoms with Gasteiger partial charge >= 0.3 is 6.03 Å². The Morgan fingerprint density at radius 2 is 1.64 bits per heavy atom. The maximum atomic E-state index is 13.1. The molecular weight excluding hydrogens is 422 g/mol. The number of nitrogens with one attached hydrogen (secondary N) is 1. The number of carbonyl (C=O) groups excluding carboxylic acids is 4. The predicted molar refractivity (Wildman–Crippen MR) is 123 cm³/mol. The Balaban J connectivity index is 1.25. The second-order valence-electron chi connectivity index (χ2n) is 10.3. The highest BCUT2D eigenvalue weighted by Crippen LogP contribution is 2.37. The van der Waals surface area contributed by atoms with Gasteiger partial charge in [-0.1, -0.05) is 13.3 Å². The number of amides is 5. The van der Waals surface area contributed by atoms with Crippen molar-refractivity contribution in [3.63, 3.8) is 0 Å². The second kappa shape index (κ2) is 9.99. The highest BCUT2D eigenvalue weighted by molar-refractivity contribution is 6.09. The van der Waals surface area contributed by atoms with Crippen LogP contribution in [-0.2, 0) is 14.4 Å². The quantitative estimate of drug-likeness (QED) is 0.625. The molecule has 1 unspecified atom stereocenters. The van der Waals surface area contributed by atoms with Crippen LogP contribution in [0.3, 0.4) is 0 Å². The van der Waals surface area contributed by atoms with Gasteiger partial charge in [-0.25, -0.2) is 4.79 Å². The van der Waals surface area contributed by atoms with Crippen molar-refractivity contribution in [2.75, 3.05) is 45.8 Å². The number of rotatable bonds is 5. The van der Waals surface area contributed by atoms with E-state index in [-0.39, 0.29) is 24.3 Å². The molecule has 3 saturated heterocycles. The molecule has 184 valence electrons. The van der Waals surface area contributed by atoms with E-state index in [0.29, 0.717) is 57.5 Å². The highest BCUT2D eigenvalue weighted by Gasteiger charge is 2.52. The molecule has 3 heterocycles. The van der Waals surface area contributed by atoms with Crippen LogP contribution in [0.1, 0.15) is 65.2 Å². The van der Waals surface area contributed by atoms with Crippen LogP contribution in [0.5, 0.6) is 0 Å². The van der Waals surface area contributed by atoms with E-state index in [0.717, 1.165) is 43.5 Å². The molecule has 5 amide bonds. The number of piperidine rings is 1. The molecule has 33 heavy (non-hydrogen) atoms. The van der Waals surface area contributed by atoms with E-state index < -0.39 is 11.6 Å². The summed E-state index contributed by atoms with van der Waals surface area (Å²) in [5.41, 5.74) is -0.812. The first-order valence-corrected chi connectivity index (χ1v) is 12.8. The molecule has 4 fully saturated rings. The summed E-state index contributed by atoms with van der Waals surface area (Å²) in [6, 6.07) is -0.137. The monoisotopic (exact) mass is 461 g/mol. The first-order chi connectivity index (χ1) is 15.8. The summed E-state index contributed by atoms with van der Waals surface area (Å²) in [5.74, 6) is 0.338. The van der Waals surface area contributed by atoms with E-state index in [2.05, 4.69) is 24.1 Å². The van der Waals surface area contributed by atoms with Crippen molar-refractivity contribution in [3.05, 3.63) is 0 Å². The topological polar surface area (TPSA) is 93.3 Å². The van der Waals surface area contributed by atoms with Gasteiger partial charge in [-0.2, -0.15) is 0 Å². The zero-order chi connectivity index (χ0) is 23.6. The Kier molecular flexibility index (Phi) is 7.26. The number of imide groups is 1. The van der Waals surface area contributed by atoms with Crippen molar-refractivity contribution in [1.82, 2.24) is 24.9 Å². The zero-order valence-corrected chi connectivity index (χ0v) is 20.2. The number of likely N-dealkylation sites (tertiary alicyclic amines) is 1. The minimum Gasteiger partial charge on any atom is -0.339 e. The van der Waals surface area contributed by atoms with E-state index in [1.807, 2.05) is 4.90 Å². The van der Waals surface area contributed by atoms with Gasteiger partial charge in [0.1, 0.15) is 12.1 Å². The van der Waals surface area contributed by atoms with E-state index in [4.69, 9.17) is 0 Å². The average Bonchev–Trinajstić information content (AvgIpc) is 3.04. The Morgan fingerprint density at radius 1 is 0.939 bits per heavy atom. The average molecular weight is 462 g/mol. The number of hydrogen-bond acceptors (Lipinski definition) is 5. The molecule has 1 saturated carbocycles. The molecule has 3 aliphatic heterocycles. The van der Waals surface area contributed by atoms with Crippen LogP contribution in [0, 0.1) is 5.92 Å². The van der Waals surface area contributed by atoms with Gasteiger partial charge in [-0.3, -0.25) is 24.2 Å². The van der Waals surface area contributed by atoms with Crippen molar-refractivity contribution < 1.29 is 19.2 Å². The van der Waals surface area contributed by atoms with Crippen LogP contribution >= 0.6 is 0 Å². The number of piperazine rings is 1. The van der Waals surface area contributed by atoms with Gasteiger partial charge in [0, 0.05) is 38.8 Å². The third kappa shape index (κ3) is 5.03. The molecule has 1 atom stereocenters. The fraction of sp³-hybridized carbons (Fsp3) is 0.833. The zero-order valence-electron chi connectivity index (χ0n) is 20.2. The van der Waals surface area contributed by atoms with Gasteiger partial charge in [0.05, 0.1) is 6.54 Å². The fourth-order valence-corrected chi connectivity index (χ4v) is 5.88. The van der Waals surface area contributed by atoms with Crippen molar-refractivity contribution in [3.8, 4) is 0 Å². The molecule has 9 nitrogen and oxygen atoms in total. The summed E-state index contributed by atoms with van der Waals surface area (Å²) in [7, 11) is 0. The summed E-state index contributed by atoms with van der Waals surface area (Å²) < 4.78 is 0. The Labute approximate surface area is 196 Å². The fourth-order valence-electron chi connectivity index (χ4n) is 5.88. The molecule has 0 aromatic heterocycles. The molecule has 0 aromatic carbocycles. The van der Waals surface area contributed by atoms with E-state index >= 15 is 0 Å². The minimum atomic E-state index is -0.812. The number of urea groups is 1. The largest absolute Gasteiger partial charge is 0.339 e. The smallest absolute Gasteiger partial charge is 0.325 e. The van der Waals surface area contributed by atoms with Gasteiger partial charge in [0.2, 0.25) is 11.8 Å². The third-order valence-corrected chi connectivity index (χ3v) is 8.28. The van der Waals surface area contributed by atoms with E-state index in [9.17, 15) is 19.2 Å². The van der Waals surface area contributed by atoms with Gasteiger partial charge in [0.15, 0.2) is 0 Å². The Hall–Kier alpha value is -2.16. The van der Waals surface area contributed by atoms with Crippen molar-refractivity contribution in [2.45, 2.75) is 76.8 Å². The molecule has 1 spiro atoms. The molecule has 0 aromatic rings. The molecule has 9 heteroatoms. The molecule has 0 bridgehead atoms. The molecule has 1 aliphatic carbocycles. The lowest BCUT2D eigenvalue weighted by Gasteiger charge is -2.38. The Bertz CT molecular complexity index is 771. The summed E-state index contributed by atoms with van der Waals surface area (Å²) in [4.78, 5) is 58.1. The van der Waals surface area contributed by atoms with Crippen molar-refractivity contribution in [2.24, 2.45) is 5.92 Å². The van der Waals surface area contributed by atoms with Crippen LogP contribution in [0.25, 0.3) is 0 Å². The van der Waals surface area contributed by atoms with Crippen LogP contribution in [0.15, 0.2) is 0 Å². The summed E-state index contributed by atoms with van der Waals surface area (Å²) >= 11 is 0. The molecule has 4 aliphatic rings. The summed E-state index contributed by atoms with van der Waals surface area (Å²) in [6.07, 6.45) is 7.59. The minimum absolute atomic E-state index is 0.171. The molecular formula is C24H39N5O4. The molecule has 0 radical (unpaired) electrons. The van der Waals surface area contributed by atoms with Crippen molar-refractivity contribution in [1.29, 1.82) is 0 Å². The Morgan fingerprint density at radius 3 is 2.27 bits per heavy atom. The van der Waals surface area contributed by atoms with Crippen LogP contribution < -0.4 is 5.32 Å². The maximum absolute atomic E-state index is 13.1. The normalized spacial score (nSPS) is 31.3. The van der Waals surface area contributed by atoms with Gasteiger partial charge in [0.25, 0.3) is 5.91 Å². The molecule has 4 rings (SSSR count). The number of nitrogens with zero attached hydrogens (tertiary/aromatic N) is 4. The van der Waals surface area contributed by atoms with Crippen LogP contribution in [0.4, 0.5) is 4.79 Å². The molecule has 1 N–H and O–H groups in total. The lowest BCUT2D eigenvalue weighted by atomic mass is 9.75. The van der Waals surface area contributed by atoms with Gasteiger partial charge < -0.3 is 15.1 Å². The number of carbonyl (C=O) groups is 4. The second-order valence-corrected chi connectivity index (χ2v) is 10.3. The van der Waals surface area contributed by atoms with Gasteiger partial charge in [-0.15, -0.1) is 0 Å². The first-order valence-electron chi connectivity index (χ1n) is 12.8. The summed E-state index contributed by atoms with van der Waals surface area (Å²) in [6.45, 7) is 7.57. The van der Waals surface area contributed by atoms with Crippen LogP contribution in [-0.4, -0.2) is 101 Å². The lowest BCUT2D eigenvalue weighted by molar-refractivity contribution is -0.141. The summed E-state index contributed by atoms with van der Waals surface area (Å²) in [5, 5.41) is 2.90.